The van der Waals surface area contributed by atoms with E-state index in [0.717, 1.165) is 31.2 Å². The van der Waals surface area contributed by atoms with Gasteiger partial charge in [-0.3, -0.25) is 4.79 Å². The summed E-state index contributed by atoms with van der Waals surface area (Å²) in [6.07, 6.45) is 4.49. The minimum atomic E-state index is -0.0295. The molecule has 2 atom stereocenters. The molecule has 0 spiro atoms. The van der Waals surface area contributed by atoms with E-state index in [9.17, 15) is 9.90 Å². The highest BCUT2D eigenvalue weighted by molar-refractivity contribution is 6.21. The maximum Gasteiger partial charge on any atom is 0.224 e. The molecule has 2 rings (SSSR count). The summed E-state index contributed by atoms with van der Waals surface area (Å²) in [6, 6.07) is 6.86. The van der Waals surface area contributed by atoms with Crippen LogP contribution in [0.3, 0.4) is 0 Å². The molecule has 4 heteroatoms. The van der Waals surface area contributed by atoms with Gasteiger partial charge in [0.15, 0.2) is 0 Å². The normalized spacial score (nSPS) is 23.6. The van der Waals surface area contributed by atoms with Gasteiger partial charge in [0, 0.05) is 6.04 Å². The molecule has 0 heterocycles. The van der Waals surface area contributed by atoms with Crippen LogP contribution in [-0.2, 0) is 11.2 Å². The van der Waals surface area contributed by atoms with E-state index >= 15 is 0 Å². The number of aromatic hydroxyl groups is 1. The number of alkyl halides is 1. The van der Waals surface area contributed by atoms with Gasteiger partial charge in [0.2, 0.25) is 5.91 Å². The van der Waals surface area contributed by atoms with Crippen LogP contribution in [0.2, 0.25) is 0 Å². The number of carbonyl (C=O) groups excluding carboxylic acids is 1. The highest BCUT2D eigenvalue weighted by Crippen LogP contribution is 2.23. The molecule has 0 aromatic heterocycles. The van der Waals surface area contributed by atoms with Crippen molar-refractivity contribution in [3.63, 3.8) is 0 Å². The molecule has 0 aliphatic heterocycles. The maximum atomic E-state index is 11.9. The second-order valence-electron chi connectivity index (χ2n) is 4.82. The van der Waals surface area contributed by atoms with Gasteiger partial charge >= 0.3 is 0 Å². The van der Waals surface area contributed by atoms with E-state index in [4.69, 9.17) is 11.6 Å². The van der Waals surface area contributed by atoms with Crippen LogP contribution in [0.5, 0.6) is 5.75 Å². The number of hydrogen-bond donors (Lipinski definition) is 2. The molecule has 2 unspecified atom stereocenters. The number of nitrogens with one attached hydrogen (secondary N) is 1. The molecule has 1 saturated carbocycles. The van der Waals surface area contributed by atoms with Crippen molar-refractivity contribution in [1.29, 1.82) is 0 Å². The molecule has 0 radical (unpaired) electrons. The van der Waals surface area contributed by atoms with Gasteiger partial charge in [-0.25, -0.2) is 0 Å². The number of phenolic OH excluding ortho intramolecular Hbond substituents is 1. The van der Waals surface area contributed by atoms with Crippen molar-refractivity contribution in [2.24, 2.45) is 0 Å². The highest BCUT2D eigenvalue weighted by atomic mass is 35.5. The molecule has 98 valence electrons. The van der Waals surface area contributed by atoms with Crippen molar-refractivity contribution in [1.82, 2.24) is 5.32 Å². The van der Waals surface area contributed by atoms with Crippen molar-refractivity contribution in [3.05, 3.63) is 29.8 Å². The Bertz CT molecular complexity index is 422. The molecule has 0 bridgehead atoms. The van der Waals surface area contributed by atoms with Crippen molar-refractivity contribution >= 4 is 17.5 Å². The fourth-order valence-electron chi connectivity index (χ4n) is 2.36. The molecule has 2 N–H and O–H groups in total. The number of carbonyl (C=O) groups is 1. The summed E-state index contributed by atoms with van der Waals surface area (Å²) in [5.74, 6) is 0.159. The summed E-state index contributed by atoms with van der Waals surface area (Å²) in [5, 5.41) is 12.4. The minimum Gasteiger partial charge on any atom is -0.508 e. The first-order valence-corrected chi connectivity index (χ1v) is 6.80. The standard InChI is InChI=1S/C14H18ClNO2/c15-12-6-1-2-7-13(12)16-14(18)9-10-4-3-5-11(17)8-10/h3-5,8,12-13,17H,1-2,6-7,9H2,(H,16,18). The molecule has 1 aromatic rings. The lowest BCUT2D eigenvalue weighted by molar-refractivity contribution is -0.121. The predicted molar refractivity (Wildman–Crippen MR) is 71.9 cm³/mol. The average molecular weight is 268 g/mol. The van der Waals surface area contributed by atoms with E-state index in [0.29, 0.717) is 0 Å². The Hall–Kier alpha value is -1.22. The topological polar surface area (TPSA) is 49.3 Å². The Kier molecular flexibility index (Phi) is 4.48. The van der Waals surface area contributed by atoms with Crippen LogP contribution in [0.1, 0.15) is 31.2 Å². The third kappa shape index (κ3) is 3.64. The van der Waals surface area contributed by atoms with E-state index in [1.165, 1.54) is 0 Å². The molecular weight excluding hydrogens is 250 g/mol. The number of benzene rings is 1. The highest BCUT2D eigenvalue weighted by Gasteiger charge is 2.24. The largest absolute Gasteiger partial charge is 0.508 e. The first-order valence-electron chi connectivity index (χ1n) is 6.36. The second kappa shape index (κ2) is 6.10. The minimum absolute atomic E-state index is 0.0295. The molecule has 18 heavy (non-hydrogen) atoms. The summed E-state index contributed by atoms with van der Waals surface area (Å²) in [6.45, 7) is 0. The van der Waals surface area contributed by atoms with Gasteiger partial charge in [-0.1, -0.05) is 25.0 Å². The Morgan fingerprint density at radius 3 is 2.89 bits per heavy atom. The lowest BCUT2D eigenvalue weighted by atomic mass is 9.94. The smallest absolute Gasteiger partial charge is 0.224 e. The molecule has 3 nitrogen and oxygen atoms in total. The van der Waals surface area contributed by atoms with Gasteiger partial charge in [0.1, 0.15) is 5.75 Å². The van der Waals surface area contributed by atoms with Gasteiger partial charge < -0.3 is 10.4 Å². The van der Waals surface area contributed by atoms with Crippen LogP contribution < -0.4 is 5.32 Å². The number of halogens is 1. The first kappa shape index (κ1) is 13.2. The summed E-state index contributed by atoms with van der Waals surface area (Å²) < 4.78 is 0. The Balaban J connectivity index is 1.88. The zero-order valence-corrected chi connectivity index (χ0v) is 11.0. The molecule has 1 aliphatic rings. The SMILES string of the molecule is O=C(Cc1cccc(O)c1)NC1CCCCC1Cl. The van der Waals surface area contributed by atoms with Crippen LogP contribution in [0.4, 0.5) is 0 Å². The Morgan fingerprint density at radius 2 is 2.17 bits per heavy atom. The van der Waals surface area contributed by atoms with Gasteiger partial charge in [0.25, 0.3) is 0 Å². The van der Waals surface area contributed by atoms with E-state index in [1.54, 1.807) is 18.2 Å². The van der Waals surface area contributed by atoms with Crippen molar-refractivity contribution < 1.29 is 9.90 Å². The summed E-state index contributed by atoms with van der Waals surface area (Å²) in [4.78, 5) is 11.9. The Morgan fingerprint density at radius 1 is 1.39 bits per heavy atom. The van der Waals surface area contributed by atoms with Crippen molar-refractivity contribution in [2.75, 3.05) is 0 Å². The zero-order valence-electron chi connectivity index (χ0n) is 10.2. The van der Waals surface area contributed by atoms with Gasteiger partial charge in [-0.15, -0.1) is 11.6 Å². The lowest BCUT2D eigenvalue weighted by Crippen LogP contribution is -2.43. The molecule has 1 aliphatic carbocycles. The number of phenols is 1. The fraction of sp³-hybridized carbons (Fsp3) is 0.500. The molecular formula is C14H18ClNO2. The second-order valence-corrected chi connectivity index (χ2v) is 5.38. The van der Waals surface area contributed by atoms with Crippen molar-refractivity contribution in [2.45, 2.75) is 43.5 Å². The average Bonchev–Trinajstić information content (AvgIpc) is 2.32. The van der Waals surface area contributed by atoms with E-state index in [2.05, 4.69) is 5.32 Å². The zero-order chi connectivity index (χ0) is 13.0. The van der Waals surface area contributed by atoms with E-state index < -0.39 is 0 Å². The maximum absolute atomic E-state index is 11.9. The van der Waals surface area contributed by atoms with E-state index in [1.807, 2.05) is 6.07 Å². The summed E-state index contributed by atoms with van der Waals surface area (Å²) in [7, 11) is 0. The molecule has 1 fully saturated rings. The van der Waals surface area contributed by atoms with E-state index in [-0.39, 0.29) is 29.5 Å². The Labute approximate surface area is 112 Å². The molecule has 1 aromatic carbocycles. The van der Waals surface area contributed by atoms with Gasteiger partial charge in [0.05, 0.1) is 11.8 Å². The third-order valence-electron chi connectivity index (χ3n) is 3.30. The first-order chi connectivity index (χ1) is 8.65. The number of rotatable bonds is 3. The summed E-state index contributed by atoms with van der Waals surface area (Å²) >= 11 is 6.20. The van der Waals surface area contributed by atoms with Gasteiger partial charge in [-0.05, 0) is 30.5 Å². The van der Waals surface area contributed by atoms with Crippen molar-refractivity contribution in [3.8, 4) is 5.75 Å². The van der Waals surface area contributed by atoms with Gasteiger partial charge in [-0.2, -0.15) is 0 Å². The fourth-order valence-corrected chi connectivity index (χ4v) is 2.70. The quantitative estimate of drug-likeness (QED) is 0.827. The van der Waals surface area contributed by atoms with Crippen LogP contribution in [0.25, 0.3) is 0 Å². The predicted octanol–water partition coefficient (Wildman–Crippen LogP) is 2.60. The summed E-state index contributed by atoms with van der Waals surface area (Å²) in [5.41, 5.74) is 0.814. The lowest BCUT2D eigenvalue weighted by Gasteiger charge is -2.27. The van der Waals surface area contributed by atoms with Crippen LogP contribution in [-0.4, -0.2) is 22.4 Å². The molecule has 1 amide bonds. The number of hydrogen-bond acceptors (Lipinski definition) is 2. The monoisotopic (exact) mass is 267 g/mol. The molecule has 0 saturated heterocycles. The number of amides is 1. The van der Waals surface area contributed by atoms with Crippen LogP contribution in [0, 0.1) is 0 Å². The van der Waals surface area contributed by atoms with Crippen LogP contribution >= 0.6 is 11.6 Å². The third-order valence-corrected chi connectivity index (χ3v) is 3.83. The van der Waals surface area contributed by atoms with Crippen LogP contribution in [0.15, 0.2) is 24.3 Å².